The van der Waals surface area contributed by atoms with Crippen molar-refractivity contribution in [2.24, 2.45) is 0 Å². The number of carbonyl (C=O) groups is 1. The number of nitrogens with one attached hydrogen (secondary N) is 2. The number of hydrogen-bond acceptors (Lipinski definition) is 5. The number of aryl methyl sites for hydroxylation is 1. The number of rotatable bonds is 6. The quantitative estimate of drug-likeness (QED) is 0.713. The van der Waals surface area contributed by atoms with Crippen molar-refractivity contribution in [3.05, 3.63) is 77.7 Å². The van der Waals surface area contributed by atoms with Crippen molar-refractivity contribution < 1.29 is 9.53 Å². The van der Waals surface area contributed by atoms with E-state index in [-0.39, 0.29) is 11.6 Å². The fraction of sp³-hybridized carbons (Fsp3) is 0.150. The number of amides is 1. The van der Waals surface area contributed by atoms with Crippen molar-refractivity contribution in [2.45, 2.75) is 13.5 Å². The van der Waals surface area contributed by atoms with Crippen LogP contribution in [0.5, 0.6) is 5.75 Å². The van der Waals surface area contributed by atoms with E-state index in [0.29, 0.717) is 12.4 Å². The van der Waals surface area contributed by atoms with Crippen LogP contribution in [0.15, 0.2) is 60.9 Å². The second-order valence-corrected chi connectivity index (χ2v) is 5.81. The summed E-state index contributed by atoms with van der Waals surface area (Å²) in [6, 6.07) is 15.5. The van der Waals surface area contributed by atoms with Crippen LogP contribution in [-0.4, -0.2) is 23.0 Å². The molecule has 1 aromatic heterocycles. The van der Waals surface area contributed by atoms with Crippen LogP contribution in [0.3, 0.4) is 0 Å². The minimum Gasteiger partial charge on any atom is -0.497 e. The molecule has 0 unspecified atom stereocenters. The van der Waals surface area contributed by atoms with Gasteiger partial charge in [-0.2, -0.15) is 0 Å². The third kappa shape index (κ3) is 4.57. The lowest BCUT2D eigenvalue weighted by atomic mass is 10.2. The van der Waals surface area contributed by atoms with Crippen molar-refractivity contribution >= 4 is 17.4 Å². The first-order chi connectivity index (χ1) is 12.6. The molecule has 6 nitrogen and oxygen atoms in total. The summed E-state index contributed by atoms with van der Waals surface area (Å²) in [5, 5.41) is 5.99. The zero-order valence-corrected chi connectivity index (χ0v) is 14.7. The SMILES string of the molecule is COc1ccc(CNC(=O)c2cnc(Nc3cccc(C)c3)cn2)cc1. The van der Waals surface area contributed by atoms with E-state index in [0.717, 1.165) is 22.6 Å². The van der Waals surface area contributed by atoms with Gasteiger partial charge in [-0.25, -0.2) is 9.97 Å². The van der Waals surface area contributed by atoms with E-state index in [4.69, 9.17) is 4.74 Å². The second-order valence-electron chi connectivity index (χ2n) is 5.81. The maximum atomic E-state index is 12.2. The van der Waals surface area contributed by atoms with Gasteiger partial charge in [0.2, 0.25) is 0 Å². The van der Waals surface area contributed by atoms with Gasteiger partial charge in [-0.3, -0.25) is 4.79 Å². The third-order valence-electron chi connectivity index (χ3n) is 3.79. The van der Waals surface area contributed by atoms with Crippen LogP contribution >= 0.6 is 0 Å². The first kappa shape index (κ1) is 17.4. The summed E-state index contributed by atoms with van der Waals surface area (Å²) in [5.41, 5.74) is 3.33. The van der Waals surface area contributed by atoms with Crippen LogP contribution in [-0.2, 0) is 6.54 Å². The molecule has 2 N–H and O–H groups in total. The molecular weight excluding hydrogens is 328 g/mol. The molecule has 0 aliphatic rings. The van der Waals surface area contributed by atoms with E-state index in [1.807, 2.05) is 55.5 Å². The number of carbonyl (C=O) groups excluding carboxylic acids is 1. The Balaban J connectivity index is 1.57. The van der Waals surface area contributed by atoms with Crippen LogP contribution in [0.25, 0.3) is 0 Å². The van der Waals surface area contributed by atoms with Gasteiger partial charge in [0.05, 0.1) is 19.5 Å². The lowest BCUT2D eigenvalue weighted by molar-refractivity contribution is 0.0945. The predicted molar refractivity (Wildman–Crippen MR) is 101 cm³/mol. The molecule has 3 aromatic rings. The van der Waals surface area contributed by atoms with Gasteiger partial charge in [-0.15, -0.1) is 0 Å². The summed E-state index contributed by atoms with van der Waals surface area (Å²) in [6.45, 7) is 2.43. The van der Waals surface area contributed by atoms with Gasteiger partial charge in [0.15, 0.2) is 0 Å². The molecule has 0 saturated carbocycles. The number of methoxy groups -OCH3 is 1. The van der Waals surface area contributed by atoms with Crippen molar-refractivity contribution in [2.75, 3.05) is 12.4 Å². The van der Waals surface area contributed by atoms with Gasteiger partial charge in [-0.1, -0.05) is 24.3 Å². The van der Waals surface area contributed by atoms with Crippen LogP contribution < -0.4 is 15.4 Å². The van der Waals surface area contributed by atoms with Crippen LogP contribution in [0.4, 0.5) is 11.5 Å². The highest BCUT2D eigenvalue weighted by molar-refractivity contribution is 5.92. The van der Waals surface area contributed by atoms with E-state index in [9.17, 15) is 4.79 Å². The average Bonchev–Trinajstić information content (AvgIpc) is 2.67. The molecule has 0 fully saturated rings. The summed E-state index contributed by atoms with van der Waals surface area (Å²) in [4.78, 5) is 20.6. The topological polar surface area (TPSA) is 76.1 Å². The molecule has 0 atom stereocenters. The highest BCUT2D eigenvalue weighted by atomic mass is 16.5. The molecule has 6 heteroatoms. The van der Waals surface area contributed by atoms with Gasteiger partial charge in [0.25, 0.3) is 5.91 Å². The molecule has 2 aromatic carbocycles. The molecule has 1 amide bonds. The highest BCUT2D eigenvalue weighted by Gasteiger charge is 2.08. The summed E-state index contributed by atoms with van der Waals surface area (Å²) in [6.07, 6.45) is 3.01. The maximum Gasteiger partial charge on any atom is 0.271 e. The Kier molecular flexibility index (Phi) is 5.43. The van der Waals surface area contributed by atoms with Crippen LogP contribution in [0.1, 0.15) is 21.6 Å². The molecule has 0 radical (unpaired) electrons. The van der Waals surface area contributed by atoms with Crippen molar-refractivity contribution in [3.63, 3.8) is 0 Å². The summed E-state index contributed by atoms with van der Waals surface area (Å²) in [7, 11) is 1.62. The van der Waals surface area contributed by atoms with Crippen molar-refractivity contribution in [1.29, 1.82) is 0 Å². The molecular formula is C20H20N4O2. The number of hydrogen-bond donors (Lipinski definition) is 2. The molecule has 3 rings (SSSR count). The van der Waals surface area contributed by atoms with Crippen LogP contribution in [0.2, 0.25) is 0 Å². The predicted octanol–water partition coefficient (Wildman–Crippen LogP) is 3.47. The number of ether oxygens (including phenoxy) is 1. The molecule has 0 aliphatic carbocycles. The Morgan fingerprint density at radius 1 is 1.08 bits per heavy atom. The molecule has 1 heterocycles. The highest BCUT2D eigenvalue weighted by Crippen LogP contribution is 2.15. The van der Waals surface area contributed by atoms with E-state index in [1.165, 1.54) is 6.20 Å². The average molecular weight is 348 g/mol. The summed E-state index contributed by atoms with van der Waals surface area (Å²) in [5.74, 6) is 1.10. The minimum atomic E-state index is -0.268. The smallest absolute Gasteiger partial charge is 0.271 e. The fourth-order valence-corrected chi connectivity index (χ4v) is 2.40. The van der Waals surface area contributed by atoms with Gasteiger partial charge in [0.1, 0.15) is 17.3 Å². The van der Waals surface area contributed by atoms with Gasteiger partial charge in [0, 0.05) is 12.2 Å². The third-order valence-corrected chi connectivity index (χ3v) is 3.79. The number of anilines is 2. The number of aromatic nitrogens is 2. The van der Waals surface area contributed by atoms with Gasteiger partial charge >= 0.3 is 0 Å². The molecule has 132 valence electrons. The molecule has 0 aliphatic heterocycles. The zero-order chi connectivity index (χ0) is 18.4. The Morgan fingerprint density at radius 2 is 1.88 bits per heavy atom. The van der Waals surface area contributed by atoms with Gasteiger partial charge < -0.3 is 15.4 Å². The van der Waals surface area contributed by atoms with E-state index in [2.05, 4.69) is 20.6 Å². The zero-order valence-electron chi connectivity index (χ0n) is 14.7. The fourth-order valence-electron chi connectivity index (χ4n) is 2.40. The first-order valence-electron chi connectivity index (χ1n) is 8.21. The van der Waals surface area contributed by atoms with E-state index < -0.39 is 0 Å². The van der Waals surface area contributed by atoms with E-state index >= 15 is 0 Å². The van der Waals surface area contributed by atoms with E-state index in [1.54, 1.807) is 13.3 Å². The lowest BCUT2D eigenvalue weighted by Crippen LogP contribution is -2.24. The van der Waals surface area contributed by atoms with Crippen molar-refractivity contribution in [1.82, 2.24) is 15.3 Å². The largest absolute Gasteiger partial charge is 0.497 e. The van der Waals surface area contributed by atoms with Crippen LogP contribution in [0, 0.1) is 6.92 Å². The normalized spacial score (nSPS) is 10.2. The Morgan fingerprint density at radius 3 is 2.54 bits per heavy atom. The maximum absolute atomic E-state index is 12.2. The monoisotopic (exact) mass is 348 g/mol. The number of nitrogens with zero attached hydrogens (tertiary/aromatic N) is 2. The van der Waals surface area contributed by atoms with Crippen molar-refractivity contribution in [3.8, 4) is 5.75 Å². The second kappa shape index (κ2) is 8.11. The molecule has 0 spiro atoms. The lowest BCUT2D eigenvalue weighted by Gasteiger charge is -2.08. The van der Waals surface area contributed by atoms with Gasteiger partial charge in [-0.05, 0) is 42.3 Å². The minimum absolute atomic E-state index is 0.268. The Hall–Kier alpha value is -3.41. The standard InChI is InChI=1S/C20H20N4O2/c1-14-4-3-5-16(10-14)24-19-13-21-18(12-22-19)20(25)23-11-15-6-8-17(26-2)9-7-15/h3-10,12-13H,11H2,1-2H3,(H,22,24)(H,23,25). The summed E-state index contributed by atoms with van der Waals surface area (Å²) >= 11 is 0. The molecule has 26 heavy (non-hydrogen) atoms. The summed E-state index contributed by atoms with van der Waals surface area (Å²) < 4.78 is 5.11. The Labute approximate surface area is 152 Å². The number of benzene rings is 2. The molecule has 0 saturated heterocycles. The molecule has 0 bridgehead atoms. The first-order valence-corrected chi connectivity index (χ1v) is 8.21. The Bertz CT molecular complexity index is 877.